The summed E-state index contributed by atoms with van der Waals surface area (Å²) < 4.78 is 25.3. The summed E-state index contributed by atoms with van der Waals surface area (Å²) in [4.78, 5) is 0. The first-order chi connectivity index (χ1) is 12.6. The monoisotopic (exact) mass is 375 g/mol. The van der Waals surface area contributed by atoms with Crippen molar-refractivity contribution in [2.45, 2.75) is 31.4 Å². The molecule has 0 aromatic heterocycles. The lowest BCUT2D eigenvalue weighted by molar-refractivity contribution is 0.164. The Labute approximate surface area is 155 Å². The molecule has 0 saturated heterocycles. The van der Waals surface area contributed by atoms with E-state index >= 15 is 0 Å². The highest BCUT2D eigenvalue weighted by molar-refractivity contribution is 8.27. The van der Waals surface area contributed by atoms with Crippen LogP contribution in [0.5, 0.6) is 0 Å². The van der Waals surface area contributed by atoms with Gasteiger partial charge in [0.05, 0.1) is 23.2 Å². The van der Waals surface area contributed by atoms with Crippen molar-refractivity contribution < 1.29 is 14.2 Å². The second-order valence-corrected chi connectivity index (χ2v) is 8.62. The van der Waals surface area contributed by atoms with Crippen molar-refractivity contribution in [3.05, 3.63) is 54.6 Å². The second-order valence-electron chi connectivity index (χ2n) is 6.84. The summed E-state index contributed by atoms with van der Waals surface area (Å²) in [6.45, 7) is 0.915. The van der Waals surface area contributed by atoms with Gasteiger partial charge in [-0.2, -0.15) is 0 Å². The maximum atomic E-state index is 11.0. The summed E-state index contributed by atoms with van der Waals surface area (Å²) in [5.74, 6) is 0. The summed E-state index contributed by atoms with van der Waals surface area (Å²) in [6.07, 6.45) is 2.31. The smallest absolute Gasteiger partial charge is 0.0896 e. The van der Waals surface area contributed by atoms with Gasteiger partial charge < -0.3 is 10.4 Å². The lowest BCUT2D eigenvalue weighted by Crippen LogP contribution is -2.35. The number of fused-ring (bicyclic) bond motifs is 1. The van der Waals surface area contributed by atoms with Crippen molar-refractivity contribution in [2.75, 3.05) is 21.7 Å². The fourth-order valence-electron chi connectivity index (χ4n) is 3.25. The minimum absolute atomic E-state index is 0.371. The molecule has 2 aromatic carbocycles. The third kappa shape index (κ3) is 3.41. The van der Waals surface area contributed by atoms with Gasteiger partial charge in [-0.25, -0.2) is 4.31 Å². The Bertz CT molecular complexity index is 755. The first kappa shape index (κ1) is 17.6. The van der Waals surface area contributed by atoms with Gasteiger partial charge in [0.15, 0.2) is 0 Å². The average molecular weight is 375 g/mol. The number of nitrogens with one attached hydrogen (secondary N) is 1. The summed E-state index contributed by atoms with van der Waals surface area (Å²) in [5.41, 5.74) is 2.28. The molecular weight excluding hydrogens is 350 g/mol. The number of rotatable bonds is 7. The fraction of sp³-hybridized carbons (Fsp3) is 0.368. The molecule has 0 radical (unpaired) electrons. The summed E-state index contributed by atoms with van der Waals surface area (Å²) in [7, 11) is -3.22. The largest absolute Gasteiger partial charge is 0.392 e. The third-order valence-corrected chi connectivity index (χ3v) is 6.65. The Balaban J connectivity index is 1.54. The van der Waals surface area contributed by atoms with Crippen LogP contribution in [0, 0.1) is 0 Å². The molecule has 1 saturated carbocycles. The number of anilines is 3. The Morgan fingerprint density at radius 1 is 1.00 bits per heavy atom. The first-order valence-electron chi connectivity index (χ1n) is 8.99. The molecule has 0 spiro atoms. The number of aliphatic hydroxyl groups excluding tert-OH is 1. The highest BCUT2D eigenvalue weighted by atomic mass is 32.3. The molecular formula is C19H25N3O3S. The van der Waals surface area contributed by atoms with Crippen LogP contribution in [-0.2, 0) is 0 Å². The summed E-state index contributed by atoms with van der Waals surface area (Å²) in [6, 6.07) is 17.5. The van der Waals surface area contributed by atoms with Gasteiger partial charge in [0.25, 0.3) is 0 Å². The predicted octanol–water partition coefficient (Wildman–Crippen LogP) is 3.73. The Morgan fingerprint density at radius 3 is 2.35 bits per heavy atom. The van der Waals surface area contributed by atoms with Crippen molar-refractivity contribution >= 4 is 28.0 Å². The molecule has 4 N–H and O–H groups in total. The van der Waals surface area contributed by atoms with Crippen molar-refractivity contribution in [1.29, 1.82) is 0 Å². The normalized spacial score (nSPS) is 20.7. The maximum absolute atomic E-state index is 11.0. The van der Waals surface area contributed by atoms with Gasteiger partial charge >= 0.3 is 0 Å². The summed E-state index contributed by atoms with van der Waals surface area (Å²) in [5, 5.41) is 13.5. The molecule has 1 fully saturated rings. The van der Waals surface area contributed by atoms with E-state index in [4.69, 9.17) is 0 Å². The van der Waals surface area contributed by atoms with Gasteiger partial charge in [-0.15, -0.1) is 0 Å². The van der Waals surface area contributed by atoms with E-state index in [1.54, 1.807) is 8.61 Å². The Kier molecular flexibility index (Phi) is 4.81. The molecule has 0 unspecified atom stereocenters. The van der Waals surface area contributed by atoms with Crippen LogP contribution in [0.3, 0.4) is 0 Å². The van der Waals surface area contributed by atoms with Crippen LogP contribution in [-0.4, -0.2) is 39.4 Å². The van der Waals surface area contributed by atoms with E-state index < -0.39 is 17.1 Å². The van der Waals surface area contributed by atoms with Crippen LogP contribution < -0.4 is 13.9 Å². The fourth-order valence-corrected chi connectivity index (χ4v) is 5.04. The molecule has 7 heteroatoms. The lowest BCUT2D eigenvalue weighted by atomic mass is 10.2. The zero-order valence-electron chi connectivity index (χ0n) is 14.5. The first-order valence-corrected chi connectivity index (χ1v) is 10.4. The van der Waals surface area contributed by atoms with E-state index in [0.717, 1.165) is 17.1 Å². The molecule has 26 heavy (non-hydrogen) atoms. The highest BCUT2D eigenvalue weighted by Crippen LogP contribution is 2.63. The van der Waals surface area contributed by atoms with E-state index in [1.807, 2.05) is 54.6 Å². The lowest BCUT2D eigenvalue weighted by Gasteiger charge is -2.44. The molecule has 6 nitrogen and oxygen atoms in total. The zero-order valence-corrected chi connectivity index (χ0v) is 15.3. The molecule has 0 bridgehead atoms. The van der Waals surface area contributed by atoms with Gasteiger partial charge in [0.2, 0.25) is 0 Å². The highest BCUT2D eigenvalue weighted by Gasteiger charge is 2.41. The van der Waals surface area contributed by atoms with Crippen molar-refractivity contribution in [1.82, 2.24) is 5.32 Å². The van der Waals surface area contributed by atoms with Gasteiger partial charge in [-0.3, -0.25) is 13.4 Å². The molecule has 2 aromatic rings. The Hall–Kier alpha value is -1.77. The number of benzene rings is 2. The second kappa shape index (κ2) is 7.09. The SMILES string of the molecule is O[C@@H](CCN1c2ccccc2N(c2ccccc2)S1(O)O)CNC1CC1. The van der Waals surface area contributed by atoms with Gasteiger partial charge in [0, 0.05) is 19.1 Å². The van der Waals surface area contributed by atoms with Crippen LogP contribution in [0.1, 0.15) is 19.3 Å². The summed E-state index contributed by atoms with van der Waals surface area (Å²) >= 11 is 0. The quantitative estimate of drug-likeness (QED) is 0.591. The predicted molar refractivity (Wildman–Crippen MR) is 107 cm³/mol. The van der Waals surface area contributed by atoms with Crippen LogP contribution in [0.4, 0.5) is 17.1 Å². The molecule has 1 aliphatic heterocycles. The van der Waals surface area contributed by atoms with Crippen LogP contribution in [0.15, 0.2) is 54.6 Å². The van der Waals surface area contributed by atoms with Gasteiger partial charge in [-0.05, 0) is 54.5 Å². The standard InChI is InChI=1S/C19H25N3O3S/c23-17(14-20-15-10-11-15)12-13-21-18-8-4-5-9-19(18)22(26(21,24)25)16-6-2-1-3-7-16/h1-9,15,17,20,23-25H,10-14H2/t17-/m0/s1. The minimum atomic E-state index is -3.22. The van der Waals surface area contributed by atoms with Crippen molar-refractivity contribution in [3.8, 4) is 0 Å². The topological polar surface area (TPSA) is 79.2 Å². The molecule has 4 rings (SSSR count). The zero-order chi connectivity index (χ0) is 18.1. The number of hydrogen-bond donors (Lipinski definition) is 4. The molecule has 1 heterocycles. The number of hydrogen-bond acceptors (Lipinski definition) is 6. The van der Waals surface area contributed by atoms with E-state index in [-0.39, 0.29) is 0 Å². The van der Waals surface area contributed by atoms with Crippen LogP contribution >= 0.6 is 11.0 Å². The van der Waals surface area contributed by atoms with E-state index in [1.165, 1.54) is 12.8 Å². The van der Waals surface area contributed by atoms with E-state index in [0.29, 0.717) is 25.6 Å². The Morgan fingerprint density at radius 2 is 1.65 bits per heavy atom. The maximum Gasteiger partial charge on any atom is 0.0896 e. The average Bonchev–Trinajstić information content (AvgIpc) is 3.43. The van der Waals surface area contributed by atoms with E-state index in [2.05, 4.69) is 5.32 Å². The van der Waals surface area contributed by atoms with Crippen LogP contribution in [0.25, 0.3) is 0 Å². The third-order valence-electron chi connectivity index (χ3n) is 4.79. The van der Waals surface area contributed by atoms with Crippen molar-refractivity contribution in [3.63, 3.8) is 0 Å². The minimum Gasteiger partial charge on any atom is -0.392 e. The number of para-hydroxylation sites is 3. The number of nitrogens with zero attached hydrogens (tertiary/aromatic N) is 2. The van der Waals surface area contributed by atoms with Gasteiger partial charge in [0.1, 0.15) is 0 Å². The van der Waals surface area contributed by atoms with E-state index in [9.17, 15) is 14.2 Å². The molecule has 0 amide bonds. The van der Waals surface area contributed by atoms with Gasteiger partial charge in [-0.1, -0.05) is 30.3 Å². The van der Waals surface area contributed by atoms with Crippen molar-refractivity contribution in [2.24, 2.45) is 0 Å². The van der Waals surface area contributed by atoms with Crippen LogP contribution in [0.2, 0.25) is 0 Å². The molecule has 1 atom stereocenters. The molecule has 140 valence electrons. The molecule has 2 aliphatic rings. The molecule has 1 aliphatic carbocycles. The number of aliphatic hydroxyl groups is 1.